The monoisotopic (exact) mass is 298 g/mol. The minimum absolute atomic E-state index is 0.0588. The molecule has 5 nitrogen and oxygen atoms in total. The standard InChI is InChI=1S/C14H19ClN2O3/c1-8(2)7-16-13(19)9(3)17-14(20)11-6-10(18)4-5-12(11)15/h4-6,8-9,18H,7H2,1-3H3,(H,16,19)(H,17,20). The van der Waals surface area contributed by atoms with Gasteiger partial charge in [0, 0.05) is 6.54 Å². The molecule has 0 aromatic heterocycles. The maximum Gasteiger partial charge on any atom is 0.253 e. The van der Waals surface area contributed by atoms with Crippen molar-refractivity contribution in [2.75, 3.05) is 6.54 Å². The van der Waals surface area contributed by atoms with Gasteiger partial charge in [0.05, 0.1) is 10.6 Å². The summed E-state index contributed by atoms with van der Waals surface area (Å²) in [7, 11) is 0. The van der Waals surface area contributed by atoms with Gasteiger partial charge >= 0.3 is 0 Å². The third-order valence-electron chi connectivity index (χ3n) is 2.62. The third-order valence-corrected chi connectivity index (χ3v) is 2.95. The van der Waals surface area contributed by atoms with E-state index in [1.54, 1.807) is 6.92 Å². The third kappa shape index (κ3) is 4.74. The van der Waals surface area contributed by atoms with Gasteiger partial charge in [-0.1, -0.05) is 25.4 Å². The summed E-state index contributed by atoms with van der Waals surface area (Å²) < 4.78 is 0. The van der Waals surface area contributed by atoms with E-state index in [4.69, 9.17) is 11.6 Å². The van der Waals surface area contributed by atoms with Crippen LogP contribution in [0.3, 0.4) is 0 Å². The van der Waals surface area contributed by atoms with Gasteiger partial charge in [0.15, 0.2) is 0 Å². The fourth-order valence-corrected chi connectivity index (χ4v) is 1.69. The van der Waals surface area contributed by atoms with Crippen LogP contribution in [0, 0.1) is 5.92 Å². The first-order valence-electron chi connectivity index (χ1n) is 6.38. The molecule has 2 amide bonds. The Morgan fingerprint density at radius 2 is 1.95 bits per heavy atom. The molecule has 0 aliphatic carbocycles. The first kappa shape index (κ1) is 16.3. The van der Waals surface area contributed by atoms with Gasteiger partial charge in [0.1, 0.15) is 11.8 Å². The fourth-order valence-electron chi connectivity index (χ4n) is 1.49. The quantitative estimate of drug-likeness (QED) is 0.777. The Morgan fingerprint density at radius 3 is 2.55 bits per heavy atom. The van der Waals surface area contributed by atoms with Gasteiger partial charge in [-0.2, -0.15) is 0 Å². The predicted octanol–water partition coefficient (Wildman–Crippen LogP) is 1.94. The highest BCUT2D eigenvalue weighted by Crippen LogP contribution is 2.21. The zero-order chi connectivity index (χ0) is 15.3. The molecule has 1 atom stereocenters. The lowest BCUT2D eigenvalue weighted by Gasteiger charge is -2.15. The minimum Gasteiger partial charge on any atom is -0.508 e. The first-order chi connectivity index (χ1) is 9.31. The largest absolute Gasteiger partial charge is 0.508 e. The van der Waals surface area contributed by atoms with Gasteiger partial charge in [-0.3, -0.25) is 9.59 Å². The number of rotatable bonds is 5. The summed E-state index contributed by atoms with van der Waals surface area (Å²) >= 11 is 5.88. The molecule has 110 valence electrons. The Bertz CT molecular complexity index is 503. The van der Waals surface area contributed by atoms with E-state index >= 15 is 0 Å². The predicted molar refractivity (Wildman–Crippen MR) is 77.9 cm³/mol. The van der Waals surface area contributed by atoms with E-state index in [0.717, 1.165) is 0 Å². The van der Waals surface area contributed by atoms with Gasteiger partial charge in [0.25, 0.3) is 5.91 Å². The topological polar surface area (TPSA) is 78.4 Å². The summed E-state index contributed by atoms with van der Waals surface area (Å²) in [6, 6.07) is 3.39. The van der Waals surface area contributed by atoms with Crippen LogP contribution in [0.4, 0.5) is 0 Å². The van der Waals surface area contributed by atoms with Crippen LogP contribution >= 0.6 is 11.6 Å². The summed E-state index contributed by atoms with van der Waals surface area (Å²) in [5.74, 6) is -0.486. The van der Waals surface area contributed by atoms with Crippen LogP contribution in [0.15, 0.2) is 18.2 Å². The van der Waals surface area contributed by atoms with Crippen LogP contribution in [-0.2, 0) is 4.79 Å². The van der Waals surface area contributed by atoms with Crippen LogP contribution in [0.2, 0.25) is 5.02 Å². The summed E-state index contributed by atoms with van der Waals surface area (Å²) in [5, 5.41) is 14.8. The number of amides is 2. The van der Waals surface area contributed by atoms with E-state index in [1.807, 2.05) is 13.8 Å². The molecule has 20 heavy (non-hydrogen) atoms. The molecule has 1 aromatic carbocycles. The Balaban J connectivity index is 2.65. The smallest absolute Gasteiger partial charge is 0.253 e. The molecule has 0 bridgehead atoms. The average molecular weight is 299 g/mol. The Kier molecular flexibility index (Phi) is 5.82. The zero-order valence-electron chi connectivity index (χ0n) is 11.7. The molecule has 0 aliphatic heterocycles. The summed E-state index contributed by atoms with van der Waals surface area (Å²) in [6.45, 7) is 6.10. The molecule has 0 saturated carbocycles. The normalized spacial score (nSPS) is 12.1. The molecule has 0 saturated heterocycles. The van der Waals surface area contributed by atoms with E-state index in [-0.39, 0.29) is 22.2 Å². The fraction of sp³-hybridized carbons (Fsp3) is 0.429. The molecule has 0 spiro atoms. The van der Waals surface area contributed by atoms with Crippen molar-refractivity contribution >= 4 is 23.4 Å². The summed E-state index contributed by atoms with van der Waals surface area (Å²) in [4.78, 5) is 23.7. The zero-order valence-corrected chi connectivity index (χ0v) is 12.5. The second-order valence-electron chi connectivity index (χ2n) is 5.00. The van der Waals surface area contributed by atoms with Crippen LogP contribution in [-0.4, -0.2) is 29.5 Å². The van der Waals surface area contributed by atoms with E-state index < -0.39 is 11.9 Å². The number of hydrogen-bond acceptors (Lipinski definition) is 3. The second kappa shape index (κ2) is 7.14. The summed E-state index contributed by atoms with van der Waals surface area (Å²) in [5.41, 5.74) is 0.134. The molecule has 0 radical (unpaired) electrons. The number of benzene rings is 1. The number of phenolic OH excluding ortho intramolecular Hbond substituents is 1. The highest BCUT2D eigenvalue weighted by Gasteiger charge is 2.18. The van der Waals surface area contributed by atoms with Gasteiger partial charge in [-0.25, -0.2) is 0 Å². The van der Waals surface area contributed by atoms with Crippen LogP contribution in [0.5, 0.6) is 5.75 Å². The van der Waals surface area contributed by atoms with Crippen molar-refractivity contribution in [2.24, 2.45) is 5.92 Å². The van der Waals surface area contributed by atoms with Gasteiger partial charge in [-0.15, -0.1) is 0 Å². The Labute approximate surface area is 123 Å². The van der Waals surface area contributed by atoms with Crippen LogP contribution in [0.25, 0.3) is 0 Å². The van der Waals surface area contributed by atoms with E-state index in [2.05, 4.69) is 10.6 Å². The molecule has 1 rings (SSSR count). The molecule has 6 heteroatoms. The number of halogens is 1. The van der Waals surface area contributed by atoms with Crippen molar-refractivity contribution in [3.8, 4) is 5.75 Å². The molecular weight excluding hydrogens is 280 g/mol. The highest BCUT2D eigenvalue weighted by molar-refractivity contribution is 6.33. The molecule has 0 fully saturated rings. The van der Waals surface area contributed by atoms with E-state index in [1.165, 1.54) is 18.2 Å². The molecule has 3 N–H and O–H groups in total. The van der Waals surface area contributed by atoms with Gasteiger partial charge in [-0.05, 0) is 31.0 Å². The minimum atomic E-state index is -0.681. The van der Waals surface area contributed by atoms with E-state index in [9.17, 15) is 14.7 Å². The van der Waals surface area contributed by atoms with Crippen molar-refractivity contribution < 1.29 is 14.7 Å². The highest BCUT2D eigenvalue weighted by atomic mass is 35.5. The lowest BCUT2D eigenvalue weighted by Crippen LogP contribution is -2.45. The van der Waals surface area contributed by atoms with Crippen LogP contribution in [0.1, 0.15) is 31.1 Å². The lowest BCUT2D eigenvalue weighted by molar-refractivity contribution is -0.122. The maximum atomic E-state index is 12.0. The summed E-state index contributed by atoms with van der Waals surface area (Å²) in [6.07, 6.45) is 0. The molecule has 0 heterocycles. The lowest BCUT2D eigenvalue weighted by atomic mass is 10.1. The molecule has 1 unspecified atom stereocenters. The van der Waals surface area contributed by atoms with Crippen molar-refractivity contribution in [2.45, 2.75) is 26.8 Å². The molecular formula is C14H19ClN2O3. The van der Waals surface area contributed by atoms with Gasteiger partial charge in [0.2, 0.25) is 5.91 Å². The molecule has 1 aromatic rings. The Morgan fingerprint density at radius 1 is 1.30 bits per heavy atom. The van der Waals surface area contributed by atoms with Crippen LogP contribution < -0.4 is 10.6 Å². The Hall–Kier alpha value is -1.75. The average Bonchev–Trinajstić information content (AvgIpc) is 2.38. The number of carbonyl (C=O) groups is 2. The van der Waals surface area contributed by atoms with Crippen molar-refractivity contribution in [1.29, 1.82) is 0 Å². The first-order valence-corrected chi connectivity index (χ1v) is 6.76. The number of aromatic hydroxyl groups is 1. The van der Waals surface area contributed by atoms with Crippen molar-refractivity contribution in [3.63, 3.8) is 0 Å². The van der Waals surface area contributed by atoms with Crippen molar-refractivity contribution in [1.82, 2.24) is 10.6 Å². The number of hydrogen-bond donors (Lipinski definition) is 3. The van der Waals surface area contributed by atoms with E-state index in [0.29, 0.717) is 12.5 Å². The van der Waals surface area contributed by atoms with Gasteiger partial charge < -0.3 is 15.7 Å². The number of carbonyl (C=O) groups excluding carboxylic acids is 2. The van der Waals surface area contributed by atoms with Crippen molar-refractivity contribution in [3.05, 3.63) is 28.8 Å². The number of nitrogens with one attached hydrogen (secondary N) is 2. The molecule has 0 aliphatic rings. The number of phenols is 1. The second-order valence-corrected chi connectivity index (χ2v) is 5.41. The maximum absolute atomic E-state index is 12.0. The SMILES string of the molecule is CC(C)CNC(=O)C(C)NC(=O)c1cc(O)ccc1Cl.